The number of para-hydroxylation sites is 3. The highest BCUT2D eigenvalue weighted by Gasteiger charge is 2.21. The Kier molecular flexibility index (Phi) is 6.68. The lowest BCUT2D eigenvalue weighted by atomic mass is 9.93. The molecule has 0 fully saturated rings. The molecule has 7 rings (SSSR count). The zero-order valence-corrected chi connectivity index (χ0v) is 24.5. The molecule has 2 heterocycles. The van der Waals surface area contributed by atoms with E-state index in [4.69, 9.17) is 4.74 Å². The van der Waals surface area contributed by atoms with E-state index in [9.17, 15) is 0 Å². The van der Waals surface area contributed by atoms with E-state index in [0.717, 1.165) is 45.3 Å². The van der Waals surface area contributed by atoms with Crippen molar-refractivity contribution in [1.29, 1.82) is 0 Å². The standard InChI is InChI=1S/C37H33N5O/c1-37(2,38-3)33-15-6-7-16-34(33)40-26-11-10-12-29(21-26)43-30-23-27(41-20-19-39-25-41)22-28(24-30)42-35-17-8-4-13-31(35)32-14-5-9-18-36(32)42/h4-25,38,40H,1-3H3. The average Bonchev–Trinajstić information content (AvgIpc) is 3.69. The van der Waals surface area contributed by atoms with E-state index >= 15 is 0 Å². The summed E-state index contributed by atoms with van der Waals surface area (Å²) < 4.78 is 10.9. The molecular weight excluding hydrogens is 530 g/mol. The predicted octanol–water partition coefficient (Wildman–Crippen LogP) is 8.96. The minimum Gasteiger partial charge on any atom is -0.457 e. The van der Waals surface area contributed by atoms with Gasteiger partial charge in [0.25, 0.3) is 0 Å². The van der Waals surface area contributed by atoms with Crippen molar-refractivity contribution >= 4 is 33.2 Å². The summed E-state index contributed by atoms with van der Waals surface area (Å²) in [5.41, 5.74) is 7.26. The smallest absolute Gasteiger partial charge is 0.131 e. The average molecular weight is 564 g/mol. The Balaban J connectivity index is 1.29. The molecule has 0 bridgehead atoms. The van der Waals surface area contributed by atoms with E-state index in [1.54, 1.807) is 6.20 Å². The zero-order valence-electron chi connectivity index (χ0n) is 24.5. The quantitative estimate of drug-likeness (QED) is 0.194. The molecule has 6 heteroatoms. The molecule has 5 aromatic carbocycles. The van der Waals surface area contributed by atoms with Gasteiger partial charge in [-0.3, -0.25) is 0 Å². The van der Waals surface area contributed by atoms with Crippen LogP contribution in [0, 0.1) is 0 Å². The normalized spacial score (nSPS) is 11.7. The second kappa shape index (κ2) is 10.8. The van der Waals surface area contributed by atoms with Gasteiger partial charge in [-0.05, 0) is 62.9 Å². The zero-order chi connectivity index (χ0) is 29.4. The Bertz CT molecular complexity index is 2000. The fraction of sp³-hybridized carbons (Fsp3) is 0.108. The summed E-state index contributed by atoms with van der Waals surface area (Å²) in [6.07, 6.45) is 5.54. The molecule has 0 amide bonds. The number of benzene rings is 5. The summed E-state index contributed by atoms with van der Waals surface area (Å²) in [7, 11) is 1.98. The van der Waals surface area contributed by atoms with Crippen molar-refractivity contribution in [3.05, 3.63) is 140 Å². The van der Waals surface area contributed by atoms with Crippen LogP contribution in [0.2, 0.25) is 0 Å². The monoisotopic (exact) mass is 563 g/mol. The lowest BCUT2D eigenvalue weighted by Crippen LogP contribution is -2.33. The van der Waals surface area contributed by atoms with Crippen LogP contribution in [0.25, 0.3) is 33.2 Å². The molecular formula is C37H33N5O. The van der Waals surface area contributed by atoms with Crippen LogP contribution in [0.1, 0.15) is 19.4 Å². The third kappa shape index (κ3) is 5.02. The lowest BCUT2D eigenvalue weighted by molar-refractivity contribution is 0.446. The van der Waals surface area contributed by atoms with Crippen LogP contribution in [0.15, 0.2) is 134 Å². The van der Waals surface area contributed by atoms with Crippen molar-refractivity contribution in [3.8, 4) is 22.9 Å². The molecule has 2 aromatic heterocycles. The molecule has 0 atom stereocenters. The first-order chi connectivity index (χ1) is 21.0. The third-order valence-corrected chi connectivity index (χ3v) is 8.09. The molecule has 0 saturated heterocycles. The minimum atomic E-state index is -0.186. The van der Waals surface area contributed by atoms with Crippen LogP contribution in [0.4, 0.5) is 11.4 Å². The Labute approximate surface area is 251 Å². The number of anilines is 2. The maximum atomic E-state index is 6.58. The summed E-state index contributed by atoms with van der Waals surface area (Å²) in [5, 5.41) is 9.45. The maximum absolute atomic E-state index is 6.58. The molecule has 2 N–H and O–H groups in total. The van der Waals surface area contributed by atoms with Gasteiger partial charge in [-0.15, -0.1) is 0 Å². The van der Waals surface area contributed by atoms with E-state index < -0.39 is 0 Å². The molecule has 7 aromatic rings. The first-order valence-electron chi connectivity index (χ1n) is 14.5. The van der Waals surface area contributed by atoms with Crippen LogP contribution in [-0.2, 0) is 5.54 Å². The van der Waals surface area contributed by atoms with Crippen molar-refractivity contribution in [2.24, 2.45) is 0 Å². The summed E-state index contributed by atoms with van der Waals surface area (Å²) >= 11 is 0. The van der Waals surface area contributed by atoms with E-state index in [0.29, 0.717) is 0 Å². The van der Waals surface area contributed by atoms with Gasteiger partial charge in [0.2, 0.25) is 0 Å². The highest BCUT2D eigenvalue weighted by atomic mass is 16.5. The summed E-state index contributed by atoms with van der Waals surface area (Å²) in [6.45, 7) is 4.35. The van der Waals surface area contributed by atoms with Crippen LogP contribution < -0.4 is 15.4 Å². The van der Waals surface area contributed by atoms with Crippen LogP contribution in [-0.4, -0.2) is 21.2 Å². The maximum Gasteiger partial charge on any atom is 0.131 e. The van der Waals surface area contributed by atoms with Gasteiger partial charge in [0.15, 0.2) is 0 Å². The van der Waals surface area contributed by atoms with Crippen molar-refractivity contribution in [2.75, 3.05) is 12.4 Å². The molecule has 0 radical (unpaired) electrons. The van der Waals surface area contributed by atoms with Crippen molar-refractivity contribution in [2.45, 2.75) is 19.4 Å². The topological polar surface area (TPSA) is 56.0 Å². The number of imidazole rings is 1. The number of rotatable bonds is 8. The van der Waals surface area contributed by atoms with E-state index in [1.807, 2.05) is 48.4 Å². The summed E-state index contributed by atoms with van der Waals surface area (Å²) in [6, 6.07) is 39.8. The predicted molar refractivity (Wildman–Crippen MR) is 176 cm³/mol. The fourth-order valence-electron chi connectivity index (χ4n) is 5.72. The molecule has 6 nitrogen and oxygen atoms in total. The van der Waals surface area contributed by atoms with Gasteiger partial charge in [-0.1, -0.05) is 60.7 Å². The van der Waals surface area contributed by atoms with E-state index in [1.165, 1.54) is 16.3 Å². The third-order valence-electron chi connectivity index (χ3n) is 8.09. The SMILES string of the molecule is CNC(C)(C)c1ccccc1Nc1cccc(Oc2cc(-n3ccnc3)cc(-n3c4ccccc4c4ccccc43)c2)c1. The summed E-state index contributed by atoms with van der Waals surface area (Å²) in [4.78, 5) is 4.29. The first-order valence-corrected chi connectivity index (χ1v) is 14.5. The second-order valence-electron chi connectivity index (χ2n) is 11.2. The largest absolute Gasteiger partial charge is 0.457 e. The number of hydrogen-bond acceptors (Lipinski definition) is 4. The van der Waals surface area contributed by atoms with Gasteiger partial charge in [0.1, 0.15) is 11.5 Å². The number of aromatic nitrogens is 3. The highest BCUT2D eigenvalue weighted by Crippen LogP contribution is 2.36. The van der Waals surface area contributed by atoms with E-state index in [2.05, 4.69) is 125 Å². The highest BCUT2D eigenvalue weighted by molar-refractivity contribution is 6.09. The second-order valence-corrected chi connectivity index (χ2v) is 11.2. The van der Waals surface area contributed by atoms with Gasteiger partial charge in [0, 0.05) is 58.3 Å². The number of nitrogens with one attached hydrogen (secondary N) is 2. The van der Waals surface area contributed by atoms with Crippen LogP contribution in [0.3, 0.4) is 0 Å². The number of nitrogens with zero attached hydrogens (tertiary/aromatic N) is 3. The van der Waals surface area contributed by atoms with Crippen molar-refractivity contribution in [1.82, 2.24) is 19.4 Å². The Morgan fingerprint density at radius 1 is 0.698 bits per heavy atom. The van der Waals surface area contributed by atoms with Gasteiger partial charge in [-0.25, -0.2) is 4.98 Å². The lowest BCUT2D eigenvalue weighted by Gasteiger charge is -2.27. The molecule has 0 unspecified atom stereocenters. The first kappa shape index (κ1) is 26.6. The number of ether oxygens (including phenoxy) is 1. The van der Waals surface area contributed by atoms with Gasteiger partial charge >= 0.3 is 0 Å². The molecule has 0 aliphatic heterocycles. The Hall–Kier alpha value is -5.33. The van der Waals surface area contributed by atoms with Gasteiger partial charge in [-0.2, -0.15) is 0 Å². The fourth-order valence-corrected chi connectivity index (χ4v) is 5.72. The Morgan fingerprint density at radius 2 is 1.40 bits per heavy atom. The number of hydrogen-bond donors (Lipinski definition) is 2. The number of fused-ring (bicyclic) bond motifs is 3. The molecule has 0 spiro atoms. The minimum absolute atomic E-state index is 0.186. The Morgan fingerprint density at radius 3 is 2.12 bits per heavy atom. The van der Waals surface area contributed by atoms with Gasteiger partial charge in [0.05, 0.1) is 28.7 Å². The van der Waals surface area contributed by atoms with Crippen LogP contribution >= 0.6 is 0 Å². The van der Waals surface area contributed by atoms with Crippen molar-refractivity contribution in [3.63, 3.8) is 0 Å². The molecule has 43 heavy (non-hydrogen) atoms. The van der Waals surface area contributed by atoms with Crippen molar-refractivity contribution < 1.29 is 4.74 Å². The molecule has 0 saturated carbocycles. The summed E-state index contributed by atoms with van der Waals surface area (Å²) in [5.74, 6) is 1.48. The molecule has 212 valence electrons. The molecule has 0 aliphatic carbocycles. The van der Waals surface area contributed by atoms with Crippen LogP contribution in [0.5, 0.6) is 11.5 Å². The molecule has 0 aliphatic rings. The van der Waals surface area contributed by atoms with E-state index in [-0.39, 0.29) is 5.54 Å². The van der Waals surface area contributed by atoms with Gasteiger partial charge < -0.3 is 24.5 Å².